The van der Waals surface area contributed by atoms with Crippen LogP contribution in [0, 0.1) is 12.8 Å². The Morgan fingerprint density at radius 1 is 1.73 bits per heavy atom. The average molecular weight is 226 g/mol. The fraction of sp³-hybridized carbons (Fsp3) is 0.727. The van der Waals surface area contributed by atoms with E-state index < -0.39 is 0 Å². The summed E-state index contributed by atoms with van der Waals surface area (Å²) in [6.07, 6.45) is 1.19. The summed E-state index contributed by atoms with van der Waals surface area (Å²) in [5, 5.41) is 6.81. The molecule has 2 unspecified atom stereocenters. The van der Waals surface area contributed by atoms with Gasteiger partial charge in [0.25, 0.3) is 0 Å². The first kappa shape index (κ1) is 11.0. The summed E-state index contributed by atoms with van der Waals surface area (Å²) in [5.41, 5.74) is 1.12. The molecule has 15 heavy (non-hydrogen) atoms. The molecule has 1 fully saturated rings. The molecule has 0 radical (unpaired) electrons. The van der Waals surface area contributed by atoms with E-state index >= 15 is 0 Å². The largest absolute Gasteiger partial charge is 0.381 e. The molecule has 1 N–H and O–H groups in total. The number of ether oxygens (including phenoxy) is 1. The fourth-order valence-corrected chi connectivity index (χ4v) is 2.57. The molecule has 2 rings (SSSR count). The van der Waals surface area contributed by atoms with E-state index in [0.717, 1.165) is 25.5 Å². The van der Waals surface area contributed by atoms with Gasteiger partial charge in [0.15, 0.2) is 0 Å². The van der Waals surface area contributed by atoms with Gasteiger partial charge < -0.3 is 10.1 Å². The van der Waals surface area contributed by atoms with Crippen LogP contribution >= 0.6 is 11.3 Å². The van der Waals surface area contributed by atoms with Crippen LogP contribution in [0.1, 0.15) is 30.1 Å². The predicted molar refractivity (Wildman–Crippen MR) is 62.2 cm³/mol. The van der Waals surface area contributed by atoms with Crippen molar-refractivity contribution >= 4 is 11.3 Å². The quantitative estimate of drug-likeness (QED) is 0.854. The molecule has 1 aromatic rings. The van der Waals surface area contributed by atoms with Crippen molar-refractivity contribution in [3.05, 3.63) is 16.1 Å². The third-order valence-electron chi connectivity index (χ3n) is 2.74. The second-order valence-corrected chi connectivity index (χ2v) is 5.08. The molecule has 0 amide bonds. The zero-order chi connectivity index (χ0) is 10.7. The molecule has 0 saturated carbocycles. The number of nitrogens with one attached hydrogen (secondary N) is 1. The number of thiazole rings is 1. The standard InChI is InChI=1S/C11H18N2OS/c1-8-7-15-11(13-8)9(2)12-5-10-3-4-14-6-10/h7,9-10,12H,3-6H2,1-2H3. The number of rotatable bonds is 4. The molecule has 3 nitrogen and oxygen atoms in total. The van der Waals surface area contributed by atoms with Gasteiger partial charge in [-0.05, 0) is 26.2 Å². The molecule has 0 spiro atoms. The van der Waals surface area contributed by atoms with Gasteiger partial charge in [-0.3, -0.25) is 0 Å². The topological polar surface area (TPSA) is 34.1 Å². The number of aromatic nitrogens is 1. The van der Waals surface area contributed by atoms with E-state index in [4.69, 9.17) is 4.74 Å². The highest BCUT2D eigenvalue weighted by Crippen LogP contribution is 2.18. The van der Waals surface area contributed by atoms with Crippen LogP contribution in [0.4, 0.5) is 0 Å². The van der Waals surface area contributed by atoms with Crippen molar-refractivity contribution in [3.63, 3.8) is 0 Å². The van der Waals surface area contributed by atoms with E-state index in [-0.39, 0.29) is 0 Å². The molecular formula is C11H18N2OS. The minimum Gasteiger partial charge on any atom is -0.381 e. The van der Waals surface area contributed by atoms with E-state index in [1.807, 2.05) is 6.92 Å². The molecule has 2 atom stereocenters. The highest BCUT2D eigenvalue weighted by molar-refractivity contribution is 7.09. The van der Waals surface area contributed by atoms with Crippen molar-refractivity contribution in [2.45, 2.75) is 26.3 Å². The fourth-order valence-electron chi connectivity index (χ4n) is 1.75. The van der Waals surface area contributed by atoms with Crippen LogP contribution in [-0.2, 0) is 4.74 Å². The number of nitrogens with zero attached hydrogens (tertiary/aromatic N) is 1. The lowest BCUT2D eigenvalue weighted by Gasteiger charge is -2.14. The second kappa shape index (κ2) is 5.05. The first-order chi connectivity index (χ1) is 7.25. The molecule has 1 saturated heterocycles. The maximum atomic E-state index is 5.35. The van der Waals surface area contributed by atoms with E-state index in [2.05, 4.69) is 22.6 Å². The highest BCUT2D eigenvalue weighted by Gasteiger charge is 2.17. The van der Waals surface area contributed by atoms with Gasteiger partial charge in [-0.15, -0.1) is 11.3 Å². The van der Waals surface area contributed by atoms with Crippen LogP contribution < -0.4 is 5.32 Å². The zero-order valence-corrected chi connectivity index (χ0v) is 10.1. The van der Waals surface area contributed by atoms with Crippen molar-refractivity contribution in [3.8, 4) is 0 Å². The summed E-state index contributed by atoms with van der Waals surface area (Å²) in [6, 6.07) is 0.365. The normalized spacial score (nSPS) is 23.2. The molecule has 1 aromatic heterocycles. The summed E-state index contributed by atoms with van der Waals surface area (Å²) >= 11 is 1.74. The summed E-state index contributed by atoms with van der Waals surface area (Å²) in [7, 11) is 0. The predicted octanol–water partition coefficient (Wildman–Crippen LogP) is 2.14. The number of hydrogen-bond acceptors (Lipinski definition) is 4. The molecule has 1 aliphatic heterocycles. The first-order valence-corrected chi connectivity index (χ1v) is 6.37. The van der Waals surface area contributed by atoms with E-state index in [0.29, 0.717) is 12.0 Å². The molecule has 0 bridgehead atoms. The Labute approximate surface area is 94.9 Å². The lowest BCUT2D eigenvalue weighted by molar-refractivity contribution is 0.184. The van der Waals surface area contributed by atoms with Gasteiger partial charge in [0.1, 0.15) is 5.01 Å². The molecule has 0 aromatic carbocycles. The van der Waals surface area contributed by atoms with Crippen LogP contribution in [0.15, 0.2) is 5.38 Å². The number of aryl methyl sites for hydroxylation is 1. The molecule has 2 heterocycles. The third-order valence-corrected chi connectivity index (χ3v) is 3.89. The van der Waals surface area contributed by atoms with Gasteiger partial charge in [-0.1, -0.05) is 0 Å². The van der Waals surface area contributed by atoms with E-state index in [9.17, 15) is 0 Å². The molecule has 84 valence electrons. The summed E-state index contributed by atoms with van der Waals surface area (Å²) in [4.78, 5) is 4.48. The summed E-state index contributed by atoms with van der Waals surface area (Å²) < 4.78 is 5.35. The minimum absolute atomic E-state index is 0.365. The number of hydrogen-bond donors (Lipinski definition) is 1. The Bertz CT molecular complexity index is 307. The highest BCUT2D eigenvalue weighted by atomic mass is 32.1. The first-order valence-electron chi connectivity index (χ1n) is 5.49. The van der Waals surface area contributed by atoms with Gasteiger partial charge in [-0.25, -0.2) is 4.98 Å². The Morgan fingerprint density at radius 2 is 2.60 bits per heavy atom. The van der Waals surface area contributed by atoms with Crippen LogP contribution in [-0.4, -0.2) is 24.7 Å². The van der Waals surface area contributed by atoms with Crippen molar-refractivity contribution in [1.29, 1.82) is 0 Å². The molecule has 1 aliphatic rings. The van der Waals surface area contributed by atoms with Crippen LogP contribution in [0.25, 0.3) is 0 Å². The maximum Gasteiger partial charge on any atom is 0.110 e. The third kappa shape index (κ3) is 3.00. The minimum atomic E-state index is 0.365. The molecule has 0 aliphatic carbocycles. The smallest absolute Gasteiger partial charge is 0.110 e. The van der Waals surface area contributed by atoms with Gasteiger partial charge >= 0.3 is 0 Å². The lowest BCUT2D eigenvalue weighted by Crippen LogP contribution is -2.25. The average Bonchev–Trinajstić information content (AvgIpc) is 2.84. The van der Waals surface area contributed by atoms with Crippen LogP contribution in [0.2, 0.25) is 0 Å². The van der Waals surface area contributed by atoms with Gasteiger partial charge in [0.05, 0.1) is 12.6 Å². The van der Waals surface area contributed by atoms with Gasteiger partial charge in [-0.2, -0.15) is 0 Å². The van der Waals surface area contributed by atoms with Crippen molar-refractivity contribution in [1.82, 2.24) is 10.3 Å². The SMILES string of the molecule is Cc1csc(C(C)NCC2CCOC2)n1. The van der Waals surface area contributed by atoms with E-state index in [1.54, 1.807) is 11.3 Å². The summed E-state index contributed by atoms with van der Waals surface area (Å²) in [6.45, 7) is 7.10. The lowest BCUT2D eigenvalue weighted by atomic mass is 10.1. The second-order valence-electron chi connectivity index (χ2n) is 4.19. The van der Waals surface area contributed by atoms with Gasteiger partial charge in [0, 0.05) is 24.2 Å². The van der Waals surface area contributed by atoms with Crippen molar-refractivity contribution < 1.29 is 4.74 Å². The van der Waals surface area contributed by atoms with Crippen molar-refractivity contribution in [2.24, 2.45) is 5.92 Å². The monoisotopic (exact) mass is 226 g/mol. The van der Waals surface area contributed by atoms with Crippen molar-refractivity contribution in [2.75, 3.05) is 19.8 Å². The Kier molecular flexibility index (Phi) is 3.72. The summed E-state index contributed by atoms with van der Waals surface area (Å²) in [5.74, 6) is 0.688. The van der Waals surface area contributed by atoms with Crippen LogP contribution in [0.3, 0.4) is 0 Å². The van der Waals surface area contributed by atoms with E-state index in [1.165, 1.54) is 11.4 Å². The Morgan fingerprint density at radius 3 is 3.20 bits per heavy atom. The molecule has 4 heteroatoms. The molecular weight excluding hydrogens is 208 g/mol. The Hall–Kier alpha value is -0.450. The zero-order valence-electron chi connectivity index (χ0n) is 9.32. The van der Waals surface area contributed by atoms with Crippen LogP contribution in [0.5, 0.6) is 0 Å². The Balaban J connectivity index is 1.79. The maximum absolute atomic E-state index is 5.35. The van der Waals surface area contributed by atoms with Gasteiger partial charge in [0.2, 0.25) is 0 Å².